The number of aryl methyl sites for hydroxylation is 1. The molecule has 0 atom stereocenters. The van der Waals surface area contributed by atoms with Gasteiger partial charge in [0.2, 0.25) is 5.89 Å². The van der Waals surface area contributed by atoms with Gasteiger partial charge in [0.15, 0.2) is 5.78 Å². The molecule has 2 aromatic rings. The fourth-order valence-electron chi connectivity index (χ4n) is 1.45. The lowest BCUT2D eigenvalue weighted by molar-refractivity contribution is 0.101. The van der Waals surface area contributed by atoms with E-state index in [0.29, 0.717) is 11.5 Å². The van der Waals surface area contributed by atoms with Crippen molar-refractivity contribution in [3.05, 3.63) is 41.8 Å². The highest BCUT2D eigenvalue weighted by molar-refractivity contribution is 5.94. The van der Waals surface area contributed by atoms with Gasteiger partial charge in [-0.1, -0.05) is 19.1 Å². The minimum absolute atomic E-state index is 0.0631. The van der Waals surface area contributed by atoms with Crippen LogP contribution in [0.3, 0.4) is 0 Å². The van der Waals surface area contributed by atoms with Gasteiger partial charge in [-0.15, -0.1) is 0 Å². The monoisotopic (exact) mass is 215 g/mol. The lowest BCUT2D eigenvalue weighted by Gasteiger charge is -1.97. The summed E-state index contributed by atoms with van der Waals surface area (Å²) >= 11 is 0. The zero-order valence-corrected chi connectivity index (χ0v) is 9.36. The third-order valence-electron chi connectivity index (χ3n) is 2.45. The van der Waals surface area contributed by atoms with Gasteiger partial charge in [-0.05, 0) is 25.5 Å². The van der Waals surface area contributed by atoms with Gasteiger partial charge < -0.3 is 4.42 Å². The largest absolute Gasteiger partial charge is 0.444 e. The van der Waals surface area contributed by atoms with E-state index >= 15 is 0 Å². The second-order valence-corrected chi connectivity index (χ2v) is 3.63. The molecule has 1 aromatic heterocycles. The topological polar surface area (TPSA) is 43.1 Å². The number of ketones is 1. The second-order valence-electron chi connectivity index (χ2n) is 3.63. The van der Waals surface area contributed by atoms with Crippen LogP contribution in [-0.2, 0) is 6.42 Å². The second kappa shape index (κ2) is 4.31. The van der Waals surface area contributed by atoms with Gasteiger partial charge in [0, 0.05) is 11.1 Å². The molecule has 0 unspecified atom stereocenters. The van der Waals surface area contributed by atoms with Crippen molar-refractivity contribution in [2.45, 2.75) is 20.3 Å². The Morgan fingerprint density at radius 2 is 2.00 bits per heavy atom. The van der Waals surface area contributed by atoms with Crippen LogP contribution in [0.2, 0.25) is 0 Å². The lowest BCUT2D eigenvalue weighted by Crippen LogP contribution is -1.90. The molecule has 1 heterocycles. The maximum absolute atomic E-state index is 11.1. The summed E-state index contributed by atoms with van der Waals surface area (Å²) in [5.74, 6) is 0.667. The van der Waals surface area contributed by atoms with Crippen molar-refractivity contribution in [3.63, 3.8) is 0 Å². The van der Waals surface area contributed by atoms with Crippen LogP contribution < -0.4 is 0 Å². The number of carbonyl (C=O) groups excluding carboxylic acids is 1. The SMILES string of the molecule is CCc1coc(-c2ccc(C(C)=O)cc2)n1. The van der Waals surface area contributed by atoms with Crippen LogP contribution in [0.4, 0.5) is 0 Å². The van der Waals surface area contributed by atoms with Crippen molar-refractivity contribution in [3.8, 4) is 11.5 Å². The van der Waals surface area contributed by atoms with E-state index in [2.05, 4.69) is 4.98 Å². The Kier molecular flexibility index (Phi) is 2.86. The molecule has 82 valence electrons. The zero-order chi connectivity index (χ0) is 11.5. The molecule has 0 aliphatic heterocycles. The molecular weight excluding hydrogens is 202 g/mol. The van der Waals surface area contributed by atoms with Gasteiger partial charge in [0.05, 0.1) is 5.69 Å². The molecule has 0 aliphatic carbocycles. The molecule has 0 saturated heterocycles. The summed E-state index contributed by atoms with van der Waals surface area (Å²) in [5, 5.41) is 0. The molecule has 0 aliphatic rings. The summed E-state index contributed by atoms with van der Waals surface area (Å²) in [5.41, 5.74) is 2.53. The Balaban J connectivity index is 2.30. The number of nitrogens with zero attached hydrogens (tertiary/aromatic N) is 1. The molecule has 0 saturated carbocycles. The fourth-order valence-corrected chi connectivity index (χ4v) is 1.45. The van der Waals surface area contributed by atoms with Crippen LogP contribution in [0.15, 0.2) is 34.9 Å². The standard InChI is InChI=1S/C13H13NO2/c1-3-12-8-16-13(14-12)11-6-4-10(5-7-11)9(2)15/h4-8H,3H2,1-2H3. The van der Waals surface area contributed by atoms with E-state index < -0.39 is 0 Å². The van der Waals surface area contributed by atoms with Crippen LogP contribution >= 0.6 is 0 Å². The summed E-state index contributed by atoms with van der Waals surface area (Å²) in [6, 6.07) is 7.27. The van der Waals surface area contributed by atoms with E-state index in [0.717, 1.165) is 17.7 Å². The number of Topliss-reactive ketones (excluding diaryl/α,β-unsaturated/α-hetero) is 1. The Morgan fingerprint density at radius 1 is 1.31 bits per heavy atom. The Morgan fingerprint density at radius 3 is 2.50 bits per heavy atom. The average Bonchev–Trinajstić information content (AvgIpc) is 2.77. The van der Waals surface area contributed by atoms with Gasteiger partial charge in [-0.3, -0.25) is 4.79 Å². The molecule has 0 bridgehead atoms. The predicted molar refractivity (Wildman–Crippen MR) is 61.3 cm³/mol. The highest BCUT2D eigenvalue weighted by Gasteiger charge is 2.06. The van der Waals surface area contributed by atoms with E-state index in [1.807, 2.05) is 19.1 Å². The van der Waals surface area contributed by atoms with Crippen molar-refractivity contribution in [1.82, 2.24) is 4.98 Å². The minimum atomic E-state index is 0.0631. The van der Waals surface area contributed by atoms with Gasteiger partial charge in [-0.25, -0.2) is 4.98 Å². The van der Waals surface area contributed by atoms with Crippen LogP contribution in [0.1, 0.15) is 29.9 Å². The number of benzene rings is 1. The molecule has 0 radical (unpaired) electrons. The zero-order valence-electron chi connectivity index (χ0n) is 9.36. The maximum atomic E-state index is 11.1. The first kappa shape index (κ1) is 10.6. The smallest absolute Gasteiger partial charge is 0.226 e. The number of rotatable bonds is 3. The fraction of sp³-hybridized carbons (Fsp3) is 0.231. The van der Waals surface area contributed by atoms with Crippen molar-refractivity contribution < 1.29 is 9.21 Å². The number of hydrogen-bond acceptors (Lipinski definition) is 3. The van der Waals surface area contributed by atoms with E-state index in [1.54, 1.807) is 25.3 Å². The quantitative estimate of drug-likeness (QED) is 0.739. The third kappa shape index (κ3) is 2.03. The van der Waals surface area contributed by atoms with Crippen molar-refractivity contribution in [2.75, 3.05) is 0 Å². The van der Waals surface area contributed by atoms with Crippen molar-refractivity contribution in [2.24, 2.45) is 0 Å². The molecule has 16 heavy (non-hydrogen) atoms. The van der Waals surface area contributed by atoms with Crippen molar-refractivity contribution >= 4 is 5.78 Å². The van der Waals surface area contributed by atoms with Crippen LogP contribution in [0.5, 0.6) is 0 Å². The van der Waals surface area contributed by atoms with Crippen LogP contribution in [0, 0.1) is 0 Å². The molecular formula is C13H13NO2. The summed E-state index contributed by atoms with van der Waals surface area (Å²) in [4.78, 5) is 15.4. The third-order valence-corrected chi connectivity index (χ3v) is 2.45. The average molecular weight is 215 g/mol. The normalized spacial score (nSPS) is 10.4. The summed E-state index contributed by atoms with van der Waals surface area (Å²) in [6.07, 6.45) is 2.52. The van der Waals surface area contributed by atoms with Gasteiger partial charge >= 0.3 is 0 Å². The van der Waals surface area contributed by atoms with E-state index in [4.69, 9.17) is 4.42 Å². The summed E-state index contributed by atoms with van der Waals surface area (Å²) < 4.78 is 5.35. The van der Waals surface area contributed by atoms with E-state index in [9.17, 15) is 4.79 Å². The molecule has 0 N–H and O–H groups in total. The van der Waals surface area contributed by atoms with Crippen molar-refractivity contribution in [1.29, 1.82) is 0 Å². The predicted octanol–water partition coefficient (Wildman–Crippen LogP) is 3.11. The van der Waals surface area contributed by atoms with Gasteiger partial charge in [0.25, 0.3) is 0 Å². The van der Waals surface area contributed by atoms with Gasteiger partial charge in [0.1, 0.15) is 6.26 Å². The molecule has 0 fully saturated rings. The van der Waals surface area contributed by atoms with Crippen LogP contribution in [-0.4, -0.2) is 10.8 Å². The minimum Gasteiger partial charge on any atom is -0.444 e. The Labute approximate surface area is 94.1 Å². The number of carbonyl (C=O) groups is 1. The lowest BCUT2D eigenvalue weighted by atomic mass is 10.1. The van der Waals surface area contributed by atoms with Crippen LogP contribution in [0.25, 0.3) is 11.5 Å². The maximum Gasteiger partial charge on any atom is 0.226 e. The number of hydrogen-bond donors (Lipinski definition) is 0. The molecule has 2 rings (SSSR count). The molecule has 3 heteroatoms. The molecule has 3 nitrogen and oxygen atoms in total. The number of oxazole rings is 1. The molecule has 0 spiro atoms. The highest BCUT2D eigenvalue weighted by atomic mass is 16.3. The molecule has 0 amide bonds. The Hall–Kier alpha value is -1.90. The number of aromatic nitrogens is 1. The first-order valence-electron chi connectivity index (χ1n) is 5.26. The first-order chi connectivity index (χ1) is 7.70. The van der Waals surface area contributed by atoms with Gasteiger partial charge in [-0.2, -0.15) is 0 Å². The molecule has 1 aromatic carbocycles. The summed E-state index contributed by atoms with van der Waals surface area (Å²) in [7, 11) is 0. The highest BCUT2D eigenvalue weighted by Crippen LogP contribution is 2.19. The van der Waals surface area contributed by atoms with E-state index in [1.165, 1.54) is 0 Å². The first-order valence-corrected chi connectivity index (χ1v) is 5.26. The Bertz CT molecular complexity index is 497. The summed E-state index contributed by atoms with van der Waals surface area (Å²) in [6.45, 7) is 3.58. The van der Waals surface area contributed by atoms with E-state index in [-0.39, 0.29) is 5.78 Å².